The summed E-state index contributed by atoms with van der Waals surface area (Å²) < 4.78 is 10.6. The zero-order valence-corrected chi connectivity index (χ0v) is 18.5. The van der Waals surface area contributed by atoms with Gasteiger partial charge in [-0.05, 0) is 37.1 Å². The molecule has 0 bridgehead atoms. The number of benzene rings is 1. The molecule has 3 heterocycles. The smallest absolute Gasteiger partial charge is 0.257 e. The molecule has 0 saturated carbocycles. The Morgan fingerprint density at radius 3 is 2.56 bits per heavy atom. The van der Waals surface area contributed by atoms with E-state index in [-0.39, 0.29) is 11.8 Å². The lowest BCUT2D eigenvalue weighted by Crippen LogP contribution is -2.38. The fourth-order valence-corrected chi connectivity index (χ4v) is 3.95. The summed E-state index contributed by atoms with van der Waals surface area (Å²) in [6.07, 6.45) is 5.16. The minimum Gasteiger partial charge on any atom is -0.497 e. The molecular weight excluding hydrogens is 406 g/mol. The van der Waals surface area contributed by atoms with E-state index in [1.807, 2.05) is 30.1 Å². The van der Waals surface area contributed by atoms with E-state index in [1.165, 1.54) is 0 Å². The van der Waals surface area contributed by atoms with Gasteiger partial charge in [-0.1, -0.05) is 0 Å². The Kier molecular flexibility index (Phi) is 6.49. The Hall–Kier alpha value is -3.68. The van der Waals surface area contributed by atoms with Crippen LogP contribution in [0, 0.1) is 0 Å². The highest BCUT2D eigenvalue weighted by atomic mass is 16.5. The summed E-state index contributed by atoms with van der Waals surface area (Å²) in [4.78, 5) is 28.6. The van der Waals surface area contributed by atoms with Crippen LogP contribution in [-0.2, 0) is 0 Å². The first-order valence-electron chi connectivity index (χ1n) is 10.6. The standard InChI is InChI=1S/C24H27N5O3/c1-25-22-14-20(27-23(28-22)17-5-4-10-26-15-17)16-8-11-29(12-9-16)24(30)19-7-6-18(31-2)13-21(19)32-3/h4-7,10,13-16H,8-9,11-12H2,1-3H3,(H,25,27,28). The highest BCUT2D eigenvalue weighted by molar-refractivity contribution is 5.97. The number of nitrogens with zero attached hydrogens (tertiary/aromatic N) is 4. The largest absolute Gasteiger partial charge is 0.497 e. The van der Waals surface area contributed by atoms with Gasteiger partial charge < -0.3 is 19.7 Å². The van der Waals surface area contributed by atoms with Crippen LogP contribution in [0.5, 0.6) is 11.5 Å². The van der Waals surface area contributed by atoms with E-state index in [4.69, 9.17) is 14.5 Å². The third-order valence-corrected chi connectivity index (χ3v) is 5.76. The average molecular weight is 434 g/mol. The van der Waals surface area contributed by atoms with Gasteiger partial charge in [0.15, 0.2) is 5.82 Å². The number of hydrogen-bond donors (Lipinski definition) is 1. The van der Waals surface area contributed by atoms with Gasteiger partial charge in [0.05, 0.1) is 19.8 Å². The molecule has 0 atom stereocenters. The molecule has 3 aromatic rings. The maximum absolute atomic E-state index is 13.1. The fraction of sp³-hybridized carbons (Fsp3) is 0.333. The number of carbonyl (C=O) groups excluding carboxylic acids is 1. The number of pyridine rings is 1. The SMILES string of the molecule is CNc1cc(C2CCN(C(=O)c3ccc(OC)cc3OC)CC2)nc(-c2cccnc2)n1. The van der Waals surface area contributed by atoms with Gasteiger partial charge in [-0.15, -0.1) is 0 Å². The summed E-state index contributed by atoms with van der Waals surface area (Å²) in [6, 6.07) is 11.1. The number of likely N-dealkylation sites (tertiary alicyclic amines) is 1. The van der Waals surface area contributed by atoms with Crippen molar-refractivity contribution in [2.24, 2.45) is 0 Å². The van der Waals surface area contributed by atoms with Crippen LogP contribution >= 0.6 is 0 Å². The van der Waals surface area contributed by atoms with E-state index in [1.54, 1.807) is 44.8 Å². The van der Waals surface area contributed by atoms with E-state index in [2.05, 4.69) is 15.3 Å². The number of anilines is 1. The van der Waals surface area contributed by atoms with Gasteiger partial charge in [0.25, 0.3) is 5.91 Å². The Bertz CT molecular complexity index is 1080. The van der Waals surface area contributed by atoms with Gasteiger partial charge in [-0.25, -0.2) is 9.97 Å². The van der Waals surface area contributed by atoms with Crippen LogP contribution < -0.4 is 14.8 Å². The van der Waals surface area contributed by atoms with Crippen LogP contribution in [0.3, 0.4) is 0 Å². The first-order valence-corrected chi connectivity index (χ1v) is 10.6. The molecule has 0 unspecified atom stereocenters. The van der Waals surface area contributed by atoms with Crippen LogP contribution in [0.15, 0.2) is 48.8 Å². The molecule has 166 valence electrons. The first-order chi connectivity index (χ1) is 15.6. The highest BCUT2D eigenvalue weighted by Crippen LogP contribution is 2.32. The molecule has 1 aromatic carbocycles. The molecule has 0 spiro atoms. The van der Waals surface area contributed by atoms with Gasteiger partial charge in [0.1, 0.15) is 17.3 Å². The molecule has 32 heavy (non-hydrogen) atoms. The quantitative estimate of drug-likeness (QED) is 0.635. The monoisotopic (exact) mass is 433 g/mol. The number of methoxy groups -OCH3 is 2. The topological polar surface area (TPSA) is 89.5 Å². The fourth-order valence-electron chi connectivity index (χ4n) is 3.95. The van der Waals surface area contributed by atoms with E-state index >= 15 is 0 Å². The molecule has 1 amide bonds. The maximum atomic E-state index is 13.1. The number of amides is 1. The number of aromatic nitrogens is 3. The number of piperidine rings is 1. The highest BCUT2D eigenvalue weighted by Gasteiger charge is 2.27. The summed E-state index contributed by atoms with van der Waals surface area (Å²) >= 11 is 0. The van der Waals surface area contributed by atoms with Crippen molar-refractivity contribution in [3.05, 3.63) is 60.0 Å². The van der Waals surface area contributed by atoms with Crippen LogP contribution in [0.1, 0.15) is 34.8 Å². The molecule has 0 aliphatic carbocycles. The number of ether oxygens (including phenoxy) is 2. The van der Waals surface area contributed by atoms with Gasteiger partial charge >= 0.3 is 0 Å². The third-order valence-electron chi connectivity index (χ3n) is 5.76. The molecule has 4 rings (SSSR count). The molecule has 1 N–H and O–H groups in total. The lowest BCUT2D eigenvalue weighted by atomic mass is 9.92. The Morgan fingerprint density at radius 2 is 1.91 bits per heavy atom. The second kappa shape index (κ2) is 9.64. The van der Waals surface area contributed by atoms with E-state index in [9.17, 15) is 4.79 Å². The van der Waals surface area contributed by atoms with E-state index in [0.29, 0.717) is 36.0 Å². The van der Waals surface area contributed by atoms with Crippen molar-refractivity contribution >= 4 is 11.7 Å². The molecule has 1 aliphatic heterocycles. The van der Waals surface area contributed by atoms with Crippen LogP contribution in [0.25, 0.3) is 11.4 Å². The second-order valence-electron chi connectivity index (χ2n) is 7.63. The lowest BCUT2D eigenvalue weighted by Gasteiger charge is -2.32. The van der Waals surface area contributed by atoms with Gasteiger partial charge in [0.2, 0.25) is 0 Å². The predicted molar refractivity (Wildman–Crippen MR) is 122 cm³/mol. The lowest BCUT2D eigenvalue weighted by molar-refractivity contribution is 0.0708. The first kappa shape index (κ1) is 21.5. The minimum atomic E-state index is -0.0300. The zero-order chi connectivity index (χ0) is 22.5. The summed E-state index contributed by atoms with van der Waals surface area (Å²) in [6.45, 7) is 1.31. The Morgan fingerprint density at radius 1 is 1.09 bits per heavy atom. The average Bonchev–Trinajstić information content (AvgIpc) is 2.88. The number of hydrogen-bond acceptors (Lipinski definition) is 7. The molecule has 1 aliphatic rings. The van der Waals surface area contributed by atoms with Crippen LogP contribution in [0.2, 0.25) is 0 Å². The Balaban J connectivity index is 1.50. The number of carbonyl (C=O) groups is 1. The summed E-state index contributed by atoms with van der Waals surface area (Å²) in [5.41, 5.74) is 2.41. The summed E-state index contributed by atoms with van der Waals surface area (Å²) in [5, 5.41) is 3.13. The van der Waals surface area contributed by atoms with Crippen molar-refractivity contribution in [1.29, 1.82) is 0 Å². The normalized spacial score (nSPS) is 14.2. The van der Waals surface area contributed by atoms with Crippen LogP contribution in [-0.4, -0.2) is 60.1 Å². The number of nitrogens with one attached hydrogen (secondary N) is 1. The number of rotatable bonds is 6. The summed E-state index contributed by atoms with van der Waals surface area (Å²) in [5.74, 6) is 2.83. The molecular formula is C24H27N5O3. The minimum absolute atomic E-state index is 0.0300. The van der Waals surface area contributed by atoms with Crippen molar-refractivity contribution in [2.75, 3.05) is 39.7 Å². The van der Waals surface area contributed by atoms with Crippen molar-refractivity contribution in [2.45, 2.75) is 18.8 Å². The van der Waals surface area contributed by atoms with Gasteiger partial charge in [0, 0.05) is 61.8 Å². The van der Waals surface area contributed by atoms with Crippen molar-refractivity contribution in [3.63, 3.8) is 0 Å². The zero-order valence-electron chi connectivity index (χ0n) is 18.5. The Labute approximate surface area is 187 Å². The summed E-state index contributed by atoms with van der Waals surface area (Å²) in [7, 11) is 5.00. The molecule has 8 nitrogen and oxygen atoms in total. The maximum Gasteiger partial charge on any atom is 0.257 e. The molecule has 1 fully saturated rings. The van der Waals surface area contributed by atoms with E-state index < -0.39 is 0 Å². The third kappa shape index (κ3) is 4.49. The van der Waals surface area contributed by atoms with Crippen LogP contribution in [0.4, 0.5) is 5.82 Å². The van der Waals surface area contributed by atoms with Crippen molar-refractivity contribution < 1.29 is 14.3 Å². The van der Waals surface area contributed by atoms with Gasteiger partial charge in [-0.2, -0.15) is 0 Å². The van der Waals surface area contributed by atoms with Gasteiger partial charge in [-0.3, -0.25) is 9.78 Å². The molecule has 0 radical (unpaired) electrons. The molecule has 1 saturated heterocycles. The molecule has 8 heteroatoms. The van der Waals surface area contributed by atoms with E-state index in [0.717, 1.165) is 29.9 Å². The van der Waals surface area contributed by atoms with Crippen molar-refractivity contribution in [3.8, 4) is 22.9 Å². The predicted octanol–water partition coefficient (Wildman–Crippen LogP) is 3.62. The van der Waals surface area contributed by atoms with Crippen molar-refractivity contribution in [1.82, 2.24) is 19.9 Å². The molecule has 2 aromatic heterocycles. The second-order valence-corrected chi connectivity index (χ2v) is 7.63.